The Morgan fingerprint density at radius 3 is 2.86 bits per heavy atom. The van der Waals surface area contributed by atoms with Crippen molar-refractivity contribution < 1.29 is 14.3 Å². The summed E-state index contributed by atoms with van der Waals surface area (Å²) in [4.78, 5) is 23.0. The zero-order valence-electron chi connectivity index (χ0n) is 20.0. The summed E-state index contributed by atoms with van der Waals surface area (Å²) in [7, 11) is 0. The first-order chi connectivity index (χ1) is 18.1. The van der Waals surface area contributed by atoms with Crippen molar-refractivity contribution >= 4 is 34.0 Å². The van der Waals surface area contributed by atoms with E-state index in [0.29, 0.717) is 21.7 Å². The fourth-order valence-electron chi connectivity index (χ4n) is 4.66. The molecule has 1 unspecified atom stereocenters. The summed E-state index contributed by atoms with van der Waals surface area (Å²) in [6.45, 7) is 1.86. The highest BCUT2D eigenvalue weighted by Crippen LogP contribution is 2.51. The lowest BCUT2D eigenvalue weighted by molar-refractivity contribution is -0.118. The van der Waals surface area contributed by atoms with Gasteiger partial charge in [-0.2, -0.15) is 0 Å². The van der Waals surface area contributed by atoms with Crippen LogP contribution in [-0.2, 0) is 16.8 Å². The van der Waals surface area contributed by atoms with Gasteiger partial charge in [0.2, 0.25) is 12.7 Å². The van der Waals surface area contributed by atoms with Gasteiger partial charge in [0.25, 0.3) is 0 Å². The van der Waals surface area contributed by atoms with Crippen molar-refractivity contribution in [2.45, 2.75) is 37.3 Å². The summed E-state index contributed by atoms with van der Waals surface area (Å²) in [6, 6.07) is 13.4. The first kappa shape index (κ1) is 24.0. The lowest BCUT2D eigenvalue weighted by atomic mass is 9.94. The SMILES string of the molecule is O=C(Nc1ncc(C(NCCCn2ccnc2)c2ccccc2Cl)s1)C1(c2ccc3c(c2)OCO3)CC1. The fourth-order valence-corrected chi connectivity index (χ4v) is 5.81. The van der Waals surface area contributed by atoms with E-state index in [4.69, 9.17) is 21.1 Å². The van der Waals surface area contributed by atoms with Gasteiger partial charge < -0.3 is 24.7 Å². The number of nitrogens with one attached hydrogen (secondary N) is 2. The molecule has 190 valence electrons. The molecule has 2 aromatic carbocycles. The summed E-state index contributed by atoms with van der Waals surface area (Å²) in [5.41, 5.74) is 1.37. The Labute approximate surface area is 223 Å². The van der Waals surface area contributed by atoms with E-state index < -0.39 is 5.41 Å². The molecule has 8 nitrogen and oxygen atoms in total. The largest absolute Gasteiger partial charge is 0.454 e. The minimum absolute atomic E-state index is 0.0464. The molecule has 1 aliphatic heterocycles. The molecule has 0 spiro atoms. The number of hydrogen-bond donors (Lipinski definition) is 2. The molecular formula is C27H26ClN5O3S. The number of halogens is 1. The Hall–Kier alpha value is -3.40. The van der Waals surface area contributed by atoms with Crippen LogP contribution in [0.25, 0.3) is 0 Å². The number of aryl methyl sites for hydroxylation is 1. The highest BCUT2D eigenvalue weighted by molar-refractivity contribution is 7.15. The molecule has 2 aromatic heterocycles. The number of thiazole rings is 1. The Balaban J connectivity index is 1.17. The van der Waals surface area contributed by atoms with E-state index in [1.807, 2.05) is 61.2 Å². The maximum Gasteiger partial charge on any atom is 0.236 e. The van der Waals surface area contributed by atoms with Crippen LogP contribution in [0.3, 0.4) is 0 Å². The third-order valence-corrected chi connectivity index (χ3v) is 8.18. The molecule has 1 amide bonds. The van der Waals surface area contributed by atoms with Crippen LogP contribution >= 0.6 is 22.9 Å². The quantitative estimate of drug-likeness (QED) is 0.273. The molecule has 0 bridgehead atoms. The Morgan fingerprint density at radius 1 is 1.19 bits per heavy atom. The number of amides is 1. The van der Waals surface area contributed by atoms with Gasteiger partial charge in [-0.05, 0) is 55.1 Å². The lowest BCUT2D eigenvalue weighted by Gasteiger charge is -2.19. The molecule has 0 saturated heterocycles. The molecule has 0 radical (unpaired) electrons. The van der Waals surface area contributed by atoms with E-state index in [1.54, 1.807) is 6.20 Å². The van der Waals surface area contributed by atoms with Crippen LogP contribution in [-0.4, -0.2) is 33.8 Å². The Kier molecular flexibility index (Phi) is 6.58. The minimum Gasteiger partial charge on any atom is -0.454 e. The highest BCUT2D eigenvalue weighted by Gasteiger charge is 2.52. The zero-order valence-corrected chi connectivity index (χ0v) is 21.6. The molecule has 6 rings (SSSR count). The molecule has 1 atom stereocenters. The van der Waals surface area contributed by atoms with E-state index in [-0.39, 0.29) is 18.7 Å². The van der Waals surface area contributed by atoms with Crippen molar-refractivity contribution in [1.29, 1.82) is 0 Å². The number of anilines is 1. The molecule has 2 N–H and O–H groups in total. The van der Waals surface area contributed by atoms with Gasteiger partial charge in [0.1, 0.15) is 0 Å². The van der Waals surface area contributed by atoms with E-state index in [1.165, 1.54) is 11.3 Å². The number of fused-ring (bicyclic) bond motifs is 1. The molecular weight excluding hydrogens is 510 g/mol. The molecule has 37 heavy (non-hydrogen) atoms. The van der Waals surface area contributed by atoms with Gasteiger partial charge in [-0.3, -0.25) is 4.79 Å². The van der Waals surface area contributed by atoms with Gasteiger partial charge in [-0.25, -0.2) is 9.97 Å². The average molecular weight is 536 g/mol. The maximum atomic E-state index is 13.4. The van der Waals surface area contributed by atoms with Gasteiger partial charge in [0.05, 0.1) is 17.8 Å². The van der Waals surface area contributed by atoms with Crippen LogP contribution in [0.4, 0.5) is 5.13 Å². The van der Waals surface area contributed by atoms with E-state index in [0.717, 1.165) is 48.4 Å². The Bertz CT molecular complexity index is 1400. The number of carbonyl (C=O) groups excluding carboxylic acids is 1. The molecule has 2 aliphatic rings. The van der Waals surface area contributed by atoms with E-state index in [2.05, 4.69) is 25.2 Å². The van der Waals surface area contributed by atoms with Crippen LogP contribution in [0.15, 0.2) is 67.4 Å². The molecule has 1 aliphatic carbocycles. The second-order valence-corrected chi connectivity index (χ2v) is 10.7. The molecule has 10 heteroatoms. The van der Waals surface area contributed by atoms with E-state index in [9.17, 15) is 4.79 Å². The number of hydrogen-bond acceptors (Lipinski definition) is 7. The van der Waals surface area contributed by atoms with Gasteiger partial charge >= 0.3 is 0 Å². The standard InChI is InChI=1S/C27H26ClN5O3S/c28-20-5-2-1-4-19(20)24(30-10-3-12-33-13-11-29-16-33)23-15-31-26(37-23)32-25(34)27(8-9-27)18-6-7-21-22(14-18)36-17-35-21/h1-2,4-7,11,13-16,24,30H,3,8-10,12,17H2,(H,31,32,34). The number of aromatic nitrogens is 3. The minimum atomic E-state index is -0.555. The van der Waals surface area contributed by atoms with Crippen LogP contribution < -0.4 is 20.1 Å². The number of benzene rings is 2. The second-order valence-electron chi connectivity index (χ2n) is 9.23. The van der Waals surface area contributed by atoms with Crippen LogP contribution in [0.2, 0.25) is 5.02 Å². The summed E-state index contributed by atoms with van der Waals surface area (Å²) >= 11 is 8.04. The van der Waals surface area contributed by atoms with Crippen molar-refractivity contribution in [2.75, 3.05) is 18.7 Å². The van der Waals surface area contributed by atoms with Crippen LogP contribution in [0, 0.1) is 0 Å². The average Bonchev–Trinajstić information content (AvgIpc) is 3.25. The second kappa shape index (κ2) is 10.2. The van der Waals surface area contributed by atoms with Crippen molar-refractivity contribution in [2.24, 2.45) is 0 Å². The van der Waals surface area contributed by atoms with Crippen molar-refractivity contribution in [3.05, 3.63) is 88.4 Å². The van der Waals surface area contributed by atoms with Gasteiger partial charge in [0.15, 0.2) is 16.6 Å². The van der Waals surface area contributed by atoms with Crippen molar-refractivity contribution in [3.8, 4) is 11.5 Å². The smallest absolute Gasteiger partial charge is 0.236 e. The molecule has 4 aromatic rings. The van der Waals surface area contributed by atoms with Crippen molar-refractivity contribution in [3.63, 3.8) is 0 Å². The molecule has 3 heterocycles. The van der Waals surface area contributed by atoms with Crippen LogP contribution in [0.1, 0.15) is 41.3 Å². The summed E-state index contributed by atoms with van der Waals surface area (Å²) in [5.74, 6) is 1.36. The van der Waals surface area contributed by atoms with E-state index >= 15 is 0 Å². The third-order valence-electron chi connectivity index (χ3n) is 6.86. The highest BCUT2D eigenvalue weighted by atomic mass is 35.5. The number of imidazole rings is 1. The third kappa shape index (κ3) is 4.94. The summed E-state index contributed by atoms with van der Waals surface area (Å²) in [5, 5.41) is 7.95. The first-order valence-corrected chi connectivity index (χ1v) is 13.4. The number of nitrogens with zero attached hydrogens (tertiary/aromatic N) is 3. The predicted octanol–water partition coefficient (Wildman–Crippen LogP) is 5.16. The number of carbonyl (C=O) groups is 1. The summed E-state index contributed by atoms with van der Waals surface area (Å²) < 4.78 is 13.0. The fraction of sp³-hybridized carbons (Fsp3) is 0.296. The topological polar surface area (TPSA) is 90.3 Å². The van der Waals surface area contributed by atoms with Gasteiger partial charge in [-0.15, -0.1) is 0 Å². The van der Waals surface area contributed by atoms with Gasteiger partial charge in [-0.1, -0.05) is 47.2 Å². The normalized spacial score (nSPS) is 15.9. The van der Waals surface area contributed by atoms with Gasteiger partial charge in [0, 0.05) is 35.0 Å². The predicted molar refractivity (Wildman–Crippen MR) is 142 cm³/mol. The Morgan fingerprint density at radius 2 is 2.05 bits per heavy atom. The van der Waals surface area contributed by atoms with Crippen molar-refractivity contribution in [1.82, 2.24) is 19.9 Å². The number of rotatable bonds is 10. The summed E-state index contributed by atoms with van der Waals surface area (Å²) in [6.07, 6.45) is 9.88. The maximum absolute atomic E-state index is 13.4. The van der Waals surface area contributed by atoms with Crippen LogP contribution in [0.5, 0.6) is 11.5 Å². The molecule has 1 fully saturated rings. The lowest BCUT2D eigenvalue weighted by Crippen LogP contribution is -2.27. The monoisotopic (exact) mass is 535 g/mol. The zero-order chi connectivity index (χ0) is 25.2. The number of ether oxygens (including phenoxy) is 2. The first-order valence-electron chi connectivity index (χ1n) is 12.2. The molecule has 1 saturated carbocycles.